The molecule has 2 aliphatic heterocycles. The standard InChI is InChI=1S/C32H19BO2S/c1-6-12-30-22(7-1)19-31(36-30)21-15-13-20(14-16-21)23-17-28-32-29(18-23)35-27-11-5-3-9-25(27)33(32)24-8-2-4-10-26(24)34-28/h1-19H. The highest BCUT2D eigenvalue weighted by Gasteiger charge is 2.40. The van der Waals surface area contributed by atoms with Crippen LogP contribution in [0.5, 0.6) is 23.0 Å². The lowest BCUT2D eigenvalue weighted by atomic mass is 9.35. The SMILES string of the molecule is c1ccc2c(c1)Oc1cc(-c3ccc(-c4cc5ccccc5s4)cc3)cc3c1B2c1ccccc1O3. The van der Waals surface area contributed by atoms with Gasteiger partial charge in [-0.3, -0.25) is 0 Å². The van der Waals surface area contributed by atoms with Crippen LogP contribution >= 0.6 is 11.3 Å². The fourth-order valence-corrected chi connectivity index (χ4v) is 6.58. The zero-order valence-corrected chi connectivity index (χ0v) is 20.1. The second-order valence-electron chi connectivity index (χ2n) is 9.32. The highest BCUT2D eigenvalue weighted by molar-refractivity contribution is 7.22. The van der Waals surface area contributed by atoms with E-state index in [9.17, 15) is 0 Å². The Labute approximate surface area is 213 Å². The average Bonchev–Trinajstić information content (AvgIpc) is 3.37. The molecule has 0 bridgehead atoms. The van der Waals surface area contributed by atoms with Crippen LogP contribution in [-0.4, -0.2) is 6.71 Å². The largest absolute Gasteiger partial charge is 0.458 e. The summed E-state index contributed by atoms with van der Waals surface area (Å²) >= 11 is 1.83. The number of benzene rings is 5. The molecular weight excluding hydrogens is 459 g/mol. The minimum absolute atomic E-state index is 0.106. The van der Waals surface area contributed by atoms with Crippen LogP contribution in [0.3, 0.4) is 0 Å². The van der Waals surface area contributed by atoms with Gasteiger partial charge in [0.05, 0.1) is 0 Å². The summed E-state index contributed by atoms with van der Waals surface area (Å²) in [5.74, 6) is 3.56. The molecule has 0 spiro atoms. The first kappa shape index (κ1) is 20.0. The molecule has 0 fully saturated rings. The molecule has 0 aliphatic carbocycles. The number of rotatable bonds is 2. The molecule has 0 atom stereocenters. The Kier molecular flexibility index (Phi) is 4.22. The second-order valence-corrected chi connectivity index (χ2v) is 10.4. The smallest absolute Gasteiger partial charge is 0.260 e. The number of hydrogen-bond acceptors (Lipinski definition) is 3. The number of para-hydroxylation sites is 2. The molecule has 0 amide bonds. The van der Waals surface area contributed by atoms with E-state index in [0.29, 0.717) is 0 Å². The normalized spacial score (nSPS) is 12.8. The minimum atomic E-state index is 0.106. The molecule has 8 rings (SSSR count). The van der Waals surface area contributed by atoms with Gasteiger partial charge in [0.25, 0.3) is 6.71 Å². The average molecular weight is 478 g/mol. The summed E-state index contributed by atoms with van der Waals surface area (Å²) in [6, 6.07) is 40.6. The summed E-state index contributed by atoms with van der Waals surface area (Å²) < 4.78 is 14.2. The van der Waals surface area contributed by atoms with Crippen LogP contribution in [0.15, 0.2) is 115 Å². The molecule has 5 aromatic carbocycles. The Bertz CT molecular complexity index is 1700. The van der Waals surface area contributed by atoms with E-state index in [0.717, 1.165) is 39.6 Å². The number of hydrogen-bond donors (Lipinski definition) is 0. The number of ether oxygens (including phenoxy) is 2. The van der Waals surface area contributed by atoms with E-state index in [2.05, 4.69) is 103 Å². The topological polar surface area (TPSA) is 18.5 Å². The van der Waals surface area contributed by atoms with Gasteiger partial charge in [-0.15, -0.1) is 11.3 Å². The molecule has 2 aliphatic rings. The number of thiophene rings is 1. The van der Waals surface area contributed by atoms with Gasteiger partial charge in [-0.05, 0) is 69.4 Å². The van der Waals surface area contributed by atoms with E-state index >= 15 is 0 Å². The lowest BCUT2D eigenvalue weighted by Crippen LogP contribution is -2.57. The van der Waals surface area contributed by atoms with E-state index < -0.39 is 0 Å². The summed E-state index contributed by atoms with van der Waals surface area (Å²) in [7, 11) is 0. The molecule has 1 aromatic heterocycles. The highest BCUT2D eigenvalue weighted by atomic mass is 32.1. The van der Waals surface area contributed by atoms with Gasteiger partial charge in [-0.2, -0.15) is 0 Å². The van der Waals surface area contributed by atoms with Crippen molar-refractivity contribution < 1.29 is 9.47 Å². The molecule has 0 saturated heterocycles. The monoisotopic (exact) mass is 478 g/mol. The van der Waals surface area contributed by atoms with Gasteiger partial charge in [0.2, 0.25) is 0 Å². The van der Waals surface area contributed by atoms with Gasteiger partial charge in [0.15, 0.2) is 0 Å². The summed E-state index contributed by atoms with van der Waals surface area (Å²) in [6.07, 6.45) is 0. The Morgan fingerprint density at radius 1 is 0.500 bits per heavy atom. The molecule has 2 nitrogen and oxygen atoms in total. The fourth-order valence-electron chi connectivity index (χ4n) is 5.51. The highest BCUT2D eigenvalue weighted by Crippen LogP contribution is 2.39. The van der Waals surface area contributed by atoms with Gasteiger partial charge in [0.1, 0.15) is 23.0 Å². The molecule has 0 unspecified atom stereocenters. The maximum atomic E-state index is 6.45. The van der Waals surface area contributed by atoms with Crippen molar-refractivity contribution >= 4 is 44.5 Å². The molecule has 36 heavy (non-hydrogen) atoms. The van der Waals surface area contributed by atoms with Crippen molar-refractivity contribution in [1.29, 1.82) is 0 Å². The van der Waals surface area contributed by atoms with Crippen molar-refractivity contribution in [3.05, 3.63) is 115 Å². The van der Waals surface area contributed by atoms with Crippen LogP contribution in [0, 0.1) is 0 Å². The predicted molar refractivity (Wildman–Crippen MR) is 150 cm³/mol. The predicted octanol–water partition coefficient (Wildman–Crippen LogP) is 6.96. The van der Waals surface area contributed by atoms with Gasteiger partial charge in [-0.25, -0.2) is 0 Å². The third-order valence-corrected chi connectivity index (χ3v) is 8.39. The van der Waals surface area contributed by atoms with Crippen LogP contribution in [0.2, 0.25) is 0 Å². The van der Waals surface area contributed by atoms with Crippen molar-refractivity contribution in [3.8, 4) is 44.6 Å². The van der Waals surface area contributed by atoms with E-state index in [-0.39, 0.29) is 6.71 Å². The summed E-state index contributed by atoms with van der Waals surface area (Å²) in [6.45, 7) is 0.106. The summed E-state index contributed by atoms with van der Waals surface area (Å²) in [5, 5.41) is 1.29. The van der Waals surface area contributed by atoms with Crippen molar-refractivity contribution in [1.82, 2.24) is 0 Å². The Hall–Kier alpha value is -4.28. The van der Waals surface area contributed by atoms with Crippen molar-refractivity contribution in [2.24, 2.45) is 0 Å². The third-order valence-electron chi connectivity index (χ3n) is 7.22. The molecule has 0 saturated carbocycles. The molecule has 168 valence electrons. The van der Waals surface area contributed by atoms with Crippen molar-refractivity contribution in [3.63, 3.8) is 0 Å². The van der Waals surface area contributed by atoms with Gasteiger partial charge in [0, 0.05) is 15.0 Å². The Morgan fingerprint density at radius 3 is 1.75 bits per heavy atom. The maximum Gasteiger partial charge on any atom is 0.260 e. The van der Waals surface area contributed by atoms with Crippen molar-refractivity contribution in [2.45, 2.75) is 0 Å². The molecule has 4 heteroatoms. The third kappa shape index (κ3) is 2.98. The quantitative estimate of drug-likeness (QED) is 0.250. The van der Waals surface area contributed by atoms with Crippen LogP contribution in [0.1, 0.15) is 0 Å². The molecule has 3 heterocycles. The van der Waals surface area contributed by atoms with Crippen LogP contribution in [0.4, 0.5) is 0 Å². The van der Waals surface area contributed by atoms with E-state index in [1.807, 2.05) is 23.5 Å². The van der Waals surface area contributed by atoms with Gasteiger partial charge < -0.3 is 9.47 Å². The zero-order chi connectivity index (χ0) is 23.6. The van der Waals surface area contributed by atoms with Crippen molar-refractivity contribution in [2.75, 3.05) is 0 Å². The van der Waals surface area contributed by atoms with Gasteiger partial charge in [-0.1, -0.05) is 78.9 Å². The number of fused-ring (bicyclic) bond motifs is 5. The maximum absolute atomic E-state index is 6.45. The first-order valence-electron chi connectivity index (χ1n) is 12.1. The Balaban J connectivity index is 1.24. The van der Waals surface area contributed by atoms with Gasteiger partial charge >= 0.3 is 0 Å². The molecule has 6 aromatic rings. The van der Waals surface area contributed by atoms with E-state index in [1.54, 1.807) is 0 Å². The van der Waals surface area contributed by atoms with Crippen LogP contribution in [0.25, 0.3) is 31.7 Å². The summed E-state index contributed by atoms with van der Waals surface area (Å²) in [4.78, 5) is 1.28. The lowest BCUT2D eigenvalue weighted by Gasteiger charge is -2.33. The Morgan fingerprint density at radius 2 is 1.08 bits per heavy atom. The van der Waals surface area contributed by atoms with Crippen LogP contribution in [-0.2, 0) is 0 Å². The first-order valence-corrected chi connectivity index (χ1v) is 12.9. The first-order chi connectivity index (χ1) is 17.8. The minimum Gasteiger partial charge on any atom is -0.458 e. The lowest BCUT2D eigenvalue weighted by molar-refractivity contribution is 0.465. The molecule has 0 N–H and O–H groups in total. The second kappa shape index (κ2) is 7.61. The molecular formula is C32H19BO2S. The fraction of sp³-hybridized carbons (Fsp3) is 0. The van der Waals surface area contributed by atoms with E-state index in [4.69, 9.17) is 9.47 Å². The van der Waals surface area contributed by atoms with Crippen LogP contribution < -0.4 is 25.9 Å². The molecule has 0 radical (unpaired) electrons. The zero-order valence-electron chi connectivity index (χ0n) is 19.3. The van der Waals surface area contributed by atoms with E-state index in [1.165, 1.54) is 31.5 Å². The summed E-state index contributed by atoms with van der Waals surface area (Å²) in [5.41, 5.74) is 6.93.